The summed E-state index contributed by atoms with van der Waals surface area (Å²) in [7, 11) is 0. The lowest BCUT2D eigenvalue weighted by atomic mass is 9.73. The summed E-state index contributed by atoms with van der Waals surface area (Å²) in [5.41, 5.74) is 1.65. The first-order valence-corrected chi connectivity index (χ1v) is 8.72. The van der Waals surface area contributed by atoms with Crippen LogP contribution >= 0.6 is 0 Å². The number of hydrogen-bond donors (Lipinski definition) is 2. The molecule has 2 N–H and O–H groups in total. The third-order valence-electron chi connectivity index (χ3n) is 5.08. The second-order valence-corrected chi connectivity index (χ2v) is 7.70. The number of aromatic hydroxyl groups is 2. The van der Waals surface area contributed by atoms with Gasteiger partial charge in [0.1, 0.15) is 11.5 Å². The van der Waals surface area contributed by atoms with Gasteiger partial charge in [-0.3, -0.25) is 0 Å². The van der Waals surface area contributed by atoms with Crippen LogP contribution in [0.3, 0.4) is 0 Å². The van der Waals surface area contributed by atoms with Crippen LogP contribution in [0.1, 0.15) is 84.8 Å². The highest BCUT2D eigenvalue weighted by Gasteiger charge is 2.30. The van der Waals surface area contributed by atoms with Crippen molar-refractivity contribution < 1.29 is 10.2 Å². The summed E-state index contributed by atoms with van der Waals surface area (Å²) in [4.78, 5) is 0. The van der Waals surface area contributed by atoms with Crippen molar-refractivity contribution in [3.05, 3.63) is 23.3 Å². The van der Waals surface area contributed by atoms with Gasteiger partial charge >= 0.3 is 0 Å². The van der Waals surface area contributed by atoms with E-state index < -0.39 is 0 Å². The Labute approximate surface area is 136 Å². The summed E-state index contributed by atoms with van der Waals surface area (Å²) in [6, 6.07) is 3.61. The van der Waals surface area contributed by atoms with Crippen molar-refractivity contribution in [1.82, 2.24) is 0 Å². The van der Waals surface area contributed by atoms with Gasteiger partial charge in [-0.05, 0) is 54.6 Å². The molecule has 0 aliphatic carbocycles. The molecule has 0 radical (unpaired) electrons. The van der Waals surface area contributed by atoms with Crippen molar-refractivity contribution in [2.24, 2.45) is 11.8 Å². The van der Waals surface area contributed by atoms with Crippen LogP contribution in [0.25, 0.3) is 0 Å². The van der Waals surface area contributed by atoms with Gasteiger partial charge in [-0.1, -0.05) is 48.5 Å². The van der Waals surface area contributed by atoms with E-state index in [0.29, 0.717) is 23.3 Å². The topological polar surface area (TPSA) is 40.5 Å². The molecule has 0 bridgehead atoms. The van der Waals surface area contributed by atoms with Gasteiger partial charge in [-0.2, -0.15) is 0 Å². The van der Waals surface area contributed by atoms with Crippen LogP contribution in [0, 0.1) is 11.8 Å². The Hall–Kier alpha value is -1.18. The van der Waals surface area contributed by atoms with E-state index in [0.717, 1.165) is 30.4 Å². The number of phenolic OH excluding ortho intramolecular Hbond substituents is 2. The maximum atomic E-state index is 10.6. The molecule has 0 amide bonds. The molecule has 0 saturated heterocycles. The molecule has 0 spiro atoms. The van der Waals surface area contributed by atoms with Crippen LogP contribution in [-0.4, -0.2) is 10.2 Å². The van der Waals surface area contributed by atoms with Gasteiger partial charge in [0.05, 0.1) is 0 Å². The lowest BCUT2D eigenvalue weighted by Gasteiger charge is -2.32. The molecule has 126 valence electrons. The number of phenols is 2. The molecule has 2 heteroatoms. The highest BCUT2D eigenvalue weighted by atomic mass is 16.3. The molecule has 0 aliphatic rings. The second-order valence-electron chi connectivity index (χ2n) is 7.70. The summed E-state index contributed by atoms with van der Waals surface area (Å²) in [5, 5.41) is 21.2. The lowest BCUT2D eigenvalue weighted by molar-refractivity contribution is 0.337. The molecular formula is C20H34O2. The molecule has 0 aliphatic heterocycles. The first-order valence-electron chi connectivity index (χ1n) is 8.72. The van der Waals surface area contributed by atoms with Crippen LogP contribution in [0.4, 0.5) is 0 Å². The zero-order valence-electron chi connectivity index (χ0n) is 15.4. The average molecular weight is 306 g/mol. The van der Waals surface area contributed by atoms with E-state index in [1.54, 1.807) is 6.07 Å². The minimum absolute atomic E-state index is 0.103. The van der Waals surface area contributed by atoms with Gasteiger partial charge in [0.15, 0.2) is 0 Å². The summed E-state index contributed by atoms with van der Waals surface area (Å²) in [5.74, 6) is 1.92. The fraction of sp³-hybridized carbons (Fsp3) is 0.700. The number of hydrogen-bond acceptors (Lipinski definition) is 2. The minimum Gasteiger partial charge on any atom is -0.508 e. The molecule has 1 rings (SSSR count). The number of benzene rings is 1. The Kier molecular flexibility index (Phi) is 6.34. The Bertz CT molecular complexity index is 491. The quantitative estimate of drug-likeness (QED) is 0.610. The smallest absolute Gasteiger partial charge is 0.119 e. The van der Waals surface area contributed by atoms with Gasteiger partial charge in [-0.15, -0.1) is 0 Å². The third kappa shape index (κ3) is 3.97. The summed E-state index contributed by atoms with van der Waals surface area (Å²) >= 11 is 0. The van der Waals surface area contributed by atoms with E-state index in [1.165, 1.54) is 0 Å². The van der Waals surface area contributed by atoms with Gasteiger partial charge in [0.2, 0.25) is 0 Å². The normalized spacial score (nSPS) is 16.0. The zero-order chi connectivity index (χ0) is 17.1. The minimum atomic E-state index is -0.103. The van der Waals surface area contributed by atoms with E-state index in [-0.39, 0.29) is 11.3 Å². The van der Waals surface area contributed by atoms with E-state index in [1.807, 2.05) is 6.07 Å². The second kappa shape index (κ2) is 7.39. The zero-order valence-corrected chi connectivity index (χ0v) is 15.4. The van der Waals surface area contributed by atoms with Crippen LogP contribution < -0.4 is 0 Å². The molecule has 0 heterocycles. The lowest BCUT2D eigenvalue weighted by Crippen LogP contribution is -2.23. The molecule has 0 saturated carbocycles. The molecule has 2 nitrogen and oxygen atoms in total. The SMILES string of the molecule is CCC(c1cc(O)c(C(C)(CC)CC(C)C)cc1O)C(C)C. The van der Waals surface area contributed by atoms with Crippen molar-refractivity contribution >= 4 is 0 Å². The van der Waals surface area contributed by atoms with Gasteiger partial charge in [0.25, 0.3) is 0 Å². The molecule has 2 unspecified atom stereocenters. The Morgan fingerprint density at radius 3 is 2.00 bits per heavy atom. The largest absolute Gasteiger partial charge is 0.508 e. The molecule has 1 aromatic carbocycles. The Morgan fingerprint density at radius 2 is 1.59 bits per heavy atom. The van der Waals surface area contributed by atoms with Crippen LogP contribution in [-0.2, 0) is 5.41 Å². The molecular weight excluding hydrogens is 272 g/mol. The molecule has 1 aromatic rings. The van der Waals surface area contributed by atoms with Gasteiger partial charge in [-0.25, -0.2) is 0 Å². The van der Waals surface area contributed by atoms with Crippen molar-refractivity contribution in [2.45, 2.75) is 79.1 Å². The van der Waals surface area contributed by atoms with Crippen molar-refractivity contribution in [3.63, 3.8) is 0 Å². The Morgan fingerprint density at radius 1 is 1.00 bits per heavy atom. The van der Waals surface area contributed by atoms with E-state index >= 15 is 0 Å². The van der Waals surface area contributed by atoms with Crippen molar-refractivity contribution in [3.8, 4) is 11.5 Å². The van der Waals surface area contributed by atoms with E-state index in [9.17, 15) is 10.2 Å². The predicted molar refractivity (Wildman–Crippen MR) is 94.7 cm³/mol. The molecule has 0 aromatic heterocycles. The van der Waals surface area contributed by atoms with E-state index in [2.05, 4.69) is 48.5 Å². The molecule has 0 fully saturated rings. The standard InChI is InChI=1S/C20H34O2/c1-8-15(14(5)6)16-10-19(22)17(11-18(16)21)20(7,9-2)12-13(3)4/h10-11,13-15,21-22H,8-9,12H2,1-7H3. The van der Waals surface area contributed by atoms with Crippen LogP contribution in [0.5, 0.6) is 11.5 Å². The summed E-state index contributed by atoms with van der Waals surface area (Å²) in [6.07, 6.45) is 2.90. The fourth-order valence-electron chi connectivity index (χ4n) is 3.77. The maximum absolute atomic E-state index is 10.6. The summed E-state index contributed by atoms with van der Waals surface area (Å²) in [6.45, 7) is 15.2. The Balaban J connectivity index is 3.34. The van der Waals surface area contributed by atoms with Gasteiger partial charge in [0, 0.05) is 11.1 Å². The third-order valence-corrected chi connectivity index (χ3v) is 5.08. The highest BCUT2D eigenvalue weighted by molar-refractivity contribution is 5.50. The molecule has 22 heavy (non-hydrogen) atoms. The summed E-state index contributed by atoms with van der Waals surface area (Å²) < 4.78 is 0. The average Bonchev–Trinajstić information content (AvgIpc) is 2.41. The number of rotatable bonds is 7. The van der Waals surface area contributed by atoms with Crippen LogP contribution in [0.15, 0.2) is 12.1 Å². The fourth-order valence-corrected chi connectivity index (χ4v) is 3.77. The highest BCUT2D eigenvalue weighted by Crippen LogP contribution is 2.44. The van der Waals surface area contributed by atoms with Crippen molar-refractivity contribution in [1.29, 1.82) is 0 Å². The first-order chi connectivity index (χ1) is 10.2. The van der Waals surface area contributed by atoms with Crippen LogP contribution in [0.2, 0.25) is 0 Å². The van der Waals surface area contributed by atoms with E-state index in [4.69, 9.17) is 0 Å². The van der Waals surface area contributed by atoms with Gasteiger partial charge < -0.3 is 10.2 Å². The maximum Gasteiger partial charge on any atom is 0.119 e. The molecule has 2 atom stereocenters. The van der Waals surface area contributed by atoms with Crippen molar-refractivity contribution in [2.75, 3.05) is 0 Å². The first kappa shape index (κ1) is 18.9. The monoisotopic (exact) mass is 306 g/mol. The predicted octanol–water partition coefficient (Wildman–Crippen LogP) is 5.96.